The zero-order valence-electron chi connectivity index (χ0n) is 8.24. The molecule has 0 aromatic heterocycles. The van der Waals surface area contributed by atoms with Gasteiger partial charge in [-0.15, -0.1) is 0 Å². The van der Waals surface area contributed by atoms with Crippen molar-refractivity contribution in [1.29, 1.82) is 0 Å². The Balaban J connectivity index is 1.84. The number of aldehydes is 1. The Hall–Kier alpha value is -0.0705. The summed E-state index contributed by atoms with van der Waals surface area (Å²) in [5.74, 6) is 0. The van der Waals surface area contributed by atoms with Gasteiger partial charge in [-0.3, -0.25) is 0 Å². The third-order valence-electron chi connectivity index (χ3n) is 15.3. The van der Waals surface area contributed by atoms with Gasteiger partial charge in [-0.2, -0.15) is 0 Å². The summed E-state index contributed by atoms with van der Waals surface area (Å²) >= 11 is 0. The van der Waals surface area contributed by atoms with Crippen LogP contribution in [0, 0.1) is 0 Å². The molecule has 10 aliphatic heterocycles. The fourth-order valence-corrected chi connectivity index (χ4v) is 91.5. The maximum absolute atomic E-state index is 11.3. The van der Waals surface area contributed by atoms with Crippen molar-refractivity contribution in [2.24, 2.45) is 0 Å². The summed E-state index contributed by atoms with van der Waals surface area (Å²) in [5.41, 5.74) is 1.13. The van der Waals surface area contributed by atoms with Crippen LogP contribution >= 0.6 is 0 Å². The van der Waals surface area contributed by atoms with Gasteiger partial charge >= 0.3 is 77.4 Å². The van der Waals surface area contributed by atoms with E-state index in [4.69, 9.17) is 0 Å². The molecule has 10 aliphatic rings. The zero-order chi connectivity index (χ0) is 9.30. The number of fused-ring (bicyclic) bond motifs is 10. The summed E-state index contributed by atoms with van der Waals surface area (Å²) in [7, 11) is 0. The zero-order valence-corrected chi connectivity index (χ0v) is 9.35. The van der Waals surface area contributed by atoms with Crippen LogP contribution in [0.25, 0.3) is 0 Å². The van der Waals surface area contributed by atoms with Crippen molar-refractivity contribution < 1.29 is 11.3 Å². The maximum atomic E-state index is 11.3. The molecule has 10 saturated heterocycles. The van der Waals surface area contributed by atoms with Crippen LogP contribution < -0.4 is 0 Å². The normalized spacial score (nSPS) is 133. The number of hydrogen-bond acceptors (Lipinski definition) is 1. The summed E-state index contributed by atoms with van der Waals surface area (Å²) in [6, 6.07) is 0. The average molecular weight is 240 g/mol. The van der Waals surface area contributed by atoms with Gasteiger partial charge in [0.25, 0.3) is 0 Å². The Morgan fingerprint density at radius 3 is 1.67 bits per heavy atom. The first kappa shape index (κ1) is 5.06. The van der Waals surface area contributed by atoms with Crippen LogP contribution in [0.1, 0.15) is 0 Å². The molecule has 15 heavy (non-hydrogen) atoms. The van der Waals surface area contributed by atoms with Crippen molar-refractivity contribution in [2.75, 3.05) is 0 Å². The summed E-state index contributed by atoms with van der Waals surface area (Å²) in [5, 5.41) is 0. The van der Waals surface area contributed by atoms with Crippen molar-refractivity contribution in [3.05, 3.63) is 12.2 Å². The minimum atomic E-state index is -2.96. The molecule has 0 N–H and O–H groups in total. The number of carbonyl (C=O) groups is 1. The van der Waals surface area contributed by atoms with Crippen LogP contribution in [0.2, 0.25) is 47.7 Å². The fourth-order valence-electron chi connectivity index (χ4n) is 17.2. The predicted molar refractivity (Wildman–Crippen MR) is 51.6 cm³/mol. The van der Waals surface area contributed by atoms with Crippen molar-refractivity contribution in [3.8, 4) is 0 Å². The molecule has 10 heterocycles. The summed E-state index contributed by atoms with van der Waals surface area (Å²) in [6.45, 7) is 1.28. The first-order chi connectivity index (χ1) is 7.03. The topological polar surface area (TPSA) is 17.1 Å². The summed E-state index contributed by atoms with van der Waals surface area (Å²) in [4.78, 5) is 23.0. The standard InChI is InChI=1S/C8H7O.C5H5.Fe/c1-7(6-9)8-4-2-3-5-8;1-2-4-5-3-1;/h2-6H,1H2;1-5H;. The molecule has 78 valence electrons. The van der Waals surface area contributed by atoms with Crippen molar-refractivity contribution in [3.63, 3.8) is 0 Å². The van der Waals surface area contributed by atoms with Gasteiger partial charge in [0.1, 0.15) is 0 Å². The molecule has 0 radical (unpaired) electrons. The molecule has 0 amide bonds. The minimum absolute atomic E-state index is 0.640. The molecule has 4 atom stereocenters. The number of rotatable bonds is 2. The quantitative estimate of drug-likeness (QED) is 0.410. The average Bonchev–Trinajstić information content (AvgIpc) is 3.18. The Bertz CT molecular complexity index is 890. The predicted octanol–water partition coefficient (Wildman–Crippen LogP) is 3.50. The number of hydrogen-bond donors (Lipinski definition) is 0. The molecular formula is C13H12FeO. The van der Waals surface area contributed by atoms with E-state index in [-0.39, 0.29) is 0 Å². The molecule has 0 aromatic rings. The molecule has 10 rings (SSSR count). The molecule has 0 saturated carbocycles. The van der Waals surface area contributed by atoms with E-state index in [2.05, 4.69) is 6.58 Å². The monoisotopic (exact) mass is 240 g/mol. The molecule has 1 spiro atoms. The van der Waals surface area contributed by atoms with Crippen LogP contribution in [0.5, 0.6) is 0 Å². The summed E-state index contributed by atoms with van der Waals surface area (Å²) in [6.07, 6.45) is 1.18. The molecule has 1 nitrogen and oxygen atoms in total. The Labute approximate surface area is 77.6 Å². The van der Waals surface area contributed by atoms with Gasteiger partial charge in [-0.1, -0.05) is 0 Å². The second kappa shape index (κ2) is 0.347. The number of allylic oxidation sites excluding steroid dienone is 1. The van der Waals surface area contributed by atoms with Crippen LogP contribution in [-0.2, 0) is 11.3 Å². The third-order valence-corrected chi connectivity index (χ3v) is 57.7. The van der Waals surface area contributed by atoms with E-state index in [1.54, 1.807) is 0 Å². The second-order valence-electron chi connectivity index (χ2n) is 10.3. The van der Waals surface area contributed by atoms with Gasteiger partial charge in [0.2, 0.25) is 0 Å². The summed E-state index contributed by atoms with van der Waals surface area (Å²) < 4.78 is 0.640. The fraction of sp³-hybridized carbons (Fsp3) is 0.769. The number of carbonyl (C=O) groups excluding carboxylic acids is 1. The van der Waals surface area contributed by atoms with E-state index < -0.39 is 6.51 Å². The van der Waals surface area contributed by atoms with Crippen LogP contribution in [-0.4, -0.2) is 6.29 Å². The SMILES string of the molecule is C=C(C=O)[C]12[CH]3[CH]4[CH]5[CH]1[Fe]45321678[CH]2[CH]1[CH]6[CH]7[CH]28. The first-order valence-corrected chi connectivity index (χ1v) is 12.7. The van der Waals surface area contributed by atoms with Gasteiger partial charge < -0.3 is 0 Å². The van der Waals surface area contributed by atoms with Gasteiger partial charge in [0.05, 0.1) is 0 Å². The van der Waals surface area contributed by atoms with Crippen molar-refractivity contribution in [1.82, 2.24) is 0 Å². The van der Waals surface area contributed by atoms with E-state index in [1.807, 2.05) is 0 Å². The van der Waals surface area contributed by atoms with E-state index in [1.165, 1.54) is 49.6 Å². The Kier molecular flexibility index (Phi) is 0.117. The van der Waals surface area contributed by atoms with E-state index >= 15 is 0 Å². The van der Waals surface area contributed by atoms with E-state index in [9.17, 15) is 4.79 Å². The molecule has 4 unspecified atom stereocenters. The van der Waals surface area contributed by atoms with Gasteiger partial charge in [0.15, 0.2) is 0 Å². The van der Waals surface area contributed by atoms with E-state index in [0.29, 0.717) is 4.31 Å². The molecule has 10 fully saturated rings. The van der Waals surface area contributed by atoms with Crippen LogP contribution in [0.15, 0.2) is 12.2 Å². The van der Waals surface area contributed by atoms with E-state index in [0.717, 1.165) is 5.57 Å². The van der Waals surface area contributed by atoms with Gasteiger partial charge in [-0.05, 0) is 0 Å². The Morgan fingerprint density at radius 1 is 1.00 bits per heavy atom. The second-order valence-corrected chi connectivity index (χ2v) is 33.9. The molecule has 0 aromatic carbocycles. The molecule has 0 bridgehead atoms. The third kappa shape index (κ3) is 0.0406. The molecule has 0 aliphatic carbocycles. The first-order valence-electron chi connectivity index (χ1n) is 6.39. The Morgan fingerprint density at radius 2 is 1.47 bits per heavy atom. The molecule has 2 heteroatoms. The van der Waals surface area contributed by atoms with Crippen LogP contribution in [0.4, 0.5) is 0 Å². The van der Waals surface area contributed by atoms with Gasteiger partial charge in [0, 0.05) is 0 Å². The molecular weight excluding hydrogens is 228 g/mol. The van der Waals surface area contributed by atoms with Gasteiger partial charge in [-0.25, -0.2) is 0 Å². The van der Waals surface area contributed by atoms with Crippen molar-refractivity contribution >= 4 is 6.29 Å². The van der Waals surface area contributed by atoms with Crippen LogP contribution in [0.3, 0.4) is 0 Å². The van der Waals surface area contributed by atoms with Crippen molar-refractivity contribution in [2.45, 2.75) is 47.7 Å².